The third-order valence-electron chi connectivity index (χ3n) is 5.52. The van der Waals surface area contributed by atoms with Crippen molar-refractivity contribution >= 4 is 51.9 Å². The second-order valence-corrected chi connectivity index (χ2v) is 11.0. The summed E-state index contributed by atoms with van der Waals surface area (Å²) >= 11 is 0. The Morgan fingerprint density at radius 2 is 1.40 bits per heavy atom. The third-order valence-corrected chi connectivity index (χ3v) is 7.78. The van der Waals surface area contributed by atoms with Crippen molar-refractivity contribution in [3.8, 4) is 0 Å². The molecule has 0 spiro atoms. The number of carbonyl (C=O) groups excluding carboxylic acids is 4. The van der Waals surface area contributed by atoms with Gasteiger partial charge in [-0.3, -0.25) is 29.3 Å². The minimum atomic E-state index is -1.17. The number of amidine groups is 1. The van der Waals surface area contributed by atoms with E-state index in [0.717, 1.165) is 17.4 Å². The molecule has 4 rings (SSSR count). The lowest BCUT2D eigenvalue weighted by Crippen LogP contribution is -2.57. The van der Waals surface area contributed by atoms with E-state index in [2.05, 4.69) is 10.3 Å². The number of aliphatic carboxylic acids is 1. The molecule has 42 heavy (non-hydrogen) atoms. The van der Waals surface area contributed by atoms with E-state index in [1.165, 1.54) is 20.8 Å². The number of ether oxygens (including phenoxy) is 4. The molecule has 12 nitrogen and oxygen atoms in total. The highest BCUT2D eigenvalue weighted by atomic mass is 32.2. The van der Waals surface area contributed by atoms with Gasteiger partial charge in [-0.2, -0.15) is 0 Å². The molecule has 1 saturated heterocycles. The molecule has 0 aromatic heterocycles. The molecule has 2 aromatic rings. The number of hydrogen-bond donors (Lipinski definition) is 2. The molecule has 0 aliphatic carbocycles. The van der Waals surface area contributed by atoms with E-state index >= 15 is 0 Å². The molecule has 2 heterocycles. The van der Waals surface area contributed by atoms with Crippen molar-refractivity contribution < 1.29 is 48.0 Å². The van der Waals surface area contributed by atoms with Crippen molar-refractivity contribution in [3.05, 3.63) is 71.9 Å². The van der Waals surface area contributed by atoms with Crippen LogP contribution in [-0.2, 0) is 42.9 Å². The zero-order valence-corrected chi connectivity index (χ0v) is 24.2. The van der Waals surface area contributed by atoms with Crippen LogP contribution < -0.4 is 5.32 Å². The monoisotopic (exact) mass is 599 g/mol. The Morgan fingerprint density at radius 1 is 0.881 bits per heavy atom. The Labute approximate surface area is 245 Å². The van der Waals surface area contributed by atoms with Gasteiger partial charge in [-0.15, -0.1) is 0 Å². The first kappa shape index (κ1) is 32.0. The lowest BCUT2D eigenvalue weighted by Gasteiger charge is -2.43. The van der Waals surface area contributed by atoms with Gasteiger partial charge in [0.05, 0.1) is 6.61 Å². The fourth-order valence-corrected chi connectivity index (χ4v) is 6.35. The molecule has 13 heteroatoms. The van der Waals surface area contributed by atoms with E-state index in [-0.39, 0.29) is 12.3 Å². The molecule has 1 amide bonds. The summed E-state index contributed by atoms with van der Waals surface area (Å²) in [6.45, 7) is 4.59. The summed E-state index contributed by atoms with van der Waals surface area (Å²) < 4.78 is 22.6. The fourth-order valence-electron chi connectivity index (χ4n) is 4.09. The number of benzene rings is 2. The van der Waals surface area contributed by atoms with Crippen molar-refractivity contribution in [3.63, 3.8) is 0 Å². The number of carbonyl (C=O) groups is 5. The quantitative estimate of drug-likeness (QED) is 0.286. The number of esters is 3. The summed E-state index contributed by atoms with van der Waals surface area (Å²) in [6.07, 6.45) is -1.65. The molecule has 223 valence electrons. The first-order valence-electron chi connectivity index (χ1n) is 12.7. The normalized spacial score (nSPS) is 22.3. The van der Waals surface area contributed by atoms with Gasteiger partial charge in [0.15, 0.2) is 23.5 Å². The molecule has 1 fully saturated rings. The Kier molecular flexibility index (Phi) is 11.4. The van der Waals surface area contributed by atoms with Gasteiger partial charge >= 0.3 is 17.9 Å². The molecule has 2 N–H and O–H groups in total. The van der Waals surface area contributed by atoms with Crippen LogP contribution in [0.4, 0.5) is 0 Å². The van der Waals surface area contributed by atoms with Crippen molar-refractivity contribution in [2.45, 2.75) is 56.3 Å². The van der Waals surface area contributed by atoms with Crippen LogP contribution in [0.5, 0.6) is 0 Å². The average molecular weight is 600 g/mol. The summed E-state index contributed by atoms with van der Waals surface area (Å²) in [5, 5.41) is 10.6. The smallest absolute Gasteiger partial charge is 0.303 e. The largest absolute Gasteiger partial charge is 0.481 e. The molecule has 2 aromatic carbocycles. The Hall–Kier alpha value is -4.49. The van der Waals surface area contributed by atoms with Crippen molar-refractivity contribution in [1.82, 2.24) is 5.32 Å². The standard InChI is InChI=1S/C27H27N2O8S.C2H4O2/c1-16(30)35-22-15-34-26(24(37-18(3)32)23(22)36-17(2)31)38(20-12-8-5-9-13-20)27-28-21(25(33)29-27)14-19-10-6-4-7-11-19;1-2(3)4/h4-14,22-24,26H,15H2,1-3H3,(H,28,29,33);1H3,(H,3,4). The number of carboxylic acid groups (broad SMARTS) is 1. The SMILES string of the molecule is CC(=O)O.CC(=O)OC1COC([S](C2=NC(=Cc3ccccc3)C(=O)N2)c2ccccc2)C(OC(C)=O)C1OC(C)=O. The summed E-state index contributed by atoms with van der Waals surface area (Å²) in [6, 6.07) is 18.4. The van der Waals surface area contributed by atoms with Gasteiger partial charge in [-0.1, -0.05) is 59.4 Å². The second-order valence-electron chi connectivity index (χ2n) is 8.98. The number of amides is 1. The number of rotatable bonds is 6. The molecule has 2 aliphatic rings. The summed E-state index contributed by atoms with van der Waals surface area (Å²) in [4.78, 5) is 63.2. The summed E-state index contributed by atoms with van der Waals surface area (Å²) in [5.74, 6) is -3.14. The van der Waals surface area contributed by atoms with Gasteiger partial charge in [0.2, 0.25) is 0 Å². The molecule has 1 radical (unpaired) electrons. The van der Waals surface area contributed by atoms with E-state index < -0.39 is 64.4 Å². The molecule has 0 saturated carbocycles. The van der Waals surface area contributed by atoms with Crippen LogP contribution in [0.3, 0.4) is 0 Å². The van der Waals surface area contributed by atoms with Gasteiger partial charge in [-0.25, -0.2) is 4.99 Å². The van der Waals surface area contributed by atoms with Gasteiger partial charge < -0.3 is 24.1 Å². The fraction of sp³-hybridized carbons (Fsp3) is 0.310. The first-order valence-corrected chi connectivity index (χ1v) is 14.0. The van der Waals surface area contributed by atoms with Gasteiger partial charge in [0, 0.05) is 32.6 Å². The zero-order chi connectivity index (χ0) is 30.8. The van der Waals surface area contributed by atoms with Gasteiger partial charge in [0.25, 0.3) is 11.9 Å². The molecule has 4 unspecified atom stereocenters. The van der Waals surface area contributed by atoms with Crippen LogP contribution in [0, 0.1) is 0 Å². The predicted molar refractivity (Wildman–Crippen MR) is 152 cm³/mol. The average Bonchev–Trinajstić information content (AvgIpc) is 3.26. The van der Waals surface area contributed by atoms with Crippen LogP contribution in [0.1, 0.15) is 33.3 Å². The van der Waals surface area contributed by atoms with Crippen molar-refractivity contribution in [1.29, 1.82) is 0 Å². The number of carboxylic acids is 1. The molecular formula is C29H31N2O10S. The highest BCUT2D eigenvalue weighted by Gasteiger charge is 2.51. The first-order chi connectivity index (χ1) is 20.0. The Bertz CT molecular complexity index is 1360. The van der Waals surface area contributed by atoms with E-state index in [9.17, 15) is 19.2 Å². The molecule has 0 bridgehead atoms. The maximum Gasteiger partial charge on any atom is 0.303 e. The summed E-state index contributed by atoms with van der Waals surface area (Å²) in [7, 11) is -1.11. The molecular weight excluding hydrogens is 568 g/mol. The lowest BCUT2D eigenvalue weighted by molar-refractivity contribution is -0.213. The Morgan fingerprint density at radius 3 is 1.95 bits per heavy atom. The number of hydrogen-bond acceptors (Lipinski definition) is 10. The zero-order valence-electron chi connectivity index (χ0n) is 23.3. The maximum absolute atomic E-state index is 12.9. The number of nitrogens with one attached hydrogen (secondary N) is 1. The Balaban J connectivity index is 0.00000114. The van der Waals surface area contributed by atoms with Gasteiger partial charge in [-0.05, 0) is 23.8 Å². The highest BCUT2D eigenvalue weighted by Crippen LogP contribution is 2.48. The maximum atomic E-state index is 12.9. The van der Waals surface area contributed by atoms with Crippen molar-refractivity contribution in [2.75, 3.05) is 6.61 Å². The van der Waals surface area contributed by atoms with Gasteiger partial charge in [0.1, 0.15) is 11.1 Å². The number of aliphatic imine (C=N–C) groups is 1. The van der Waals surface area contributed by atoms with E-state index in [4.69, 9.17) is 28.8 Å². The molecule has 4 atom stereocenters. The van der Waals surface area contributed by atoms with E-state index in [0.29, 0.717) is 5.17 Å². The predicted octanol–water partition coefficient (Wildman–Crippen LogP) is 3.08. The topological polar surface area (TPSA) is 167 Å². The van der Waals surface area contributed by atoms with Crippen LogP contribution in [-0.4, -0.2) is 70.4 Å². The van der Waals surface area contributed by atoms with Crippen LogP contribution in [0.25, 0.3) is 6.08 Å². The minimum Gasteiger partial charge on any atom is -0.481 e. The molecule has 2 aliphatic heterocycles. The number of nitrogens with zero attached hydrogens (tertiary/aromatic N) is 1. The van der Waals surface area contributed by atoms with E-state index in [1.807, 2.05) is 60.7 Å². The lowest BCUT2D eigenvalue weighted by atomic mass is 10.1. The minimum absolute atomic E-state index is 0.135. The van der Waals surface area contributed by atoms with Crippen molar-refractivity contribution in [2.24, 2.45) is 4.99 Å². The third kappa shape index (κ3) is 9.01. The second kappa shape index (κ2) is 14.9. The summed E-state index contributed by atoms with van der Waals surface area (Å²) in [5.41, 5.74) is 0.0782. The van der Waals surface area contributed by atoms with Crippen LogP contribution in [0.2, 0.25) is 0 Å². The van der Waals surface area contributed by atoms with Crippen LogP contribution >= 0.6 is 10.9 Å². The van der Waals surface area contributed by atoms with Crippen LogP contribution in [0.15, 0.2) is 76.2 Å². The van der Waals surface area contributed by atoms with E-state index in [1.54, 1.807) is 6.08 Å². The highest BCUT2D eigenvalue weighted by molar-refractivity contribution is 8.30.